The van der Waals surface area contributed by atoms with E-state index in [0.29, 0.717) is 10.9 Å². The molecule has 3 aromatic rings. The van der Waals surface area contributed by atoms with Crippen LogP contribution in [0.15, 0.2) is 57.7 Å². The van der Waals surface area contributed by atoms with Crippen LogP contribution in [0.3, 0.4) is 0 Å². The average molecular weight is 293 g/mol. The third kappa shape index (κ3) is 2.17. The molecule has 1 atom stereocenters. The predicted octanol–water partition coefficient (Wildman–Crippen LogP) is 2.86. The SMILES string of the molecule is N#CC(c1cccc(O)c1)c1c(O)c2ccccc2oc1=O. The number of nitrogens with zero attached hydrogens (tertiary/aromatic N) is 1. The van der Waals surface area contributed by atoms with Crippen LogP contribution >= 0.6 is 0 Å². The molecule has 108 valence electrons. The second kappa shape index (κ2) is 5.26. The number of para-hydroxylation sites is 1. The number of phenols is 1. The second-order valence-corrected chi connectivity index (χ2v) is 4.81. The van der Waals surface area contributed by atoms with Gasteiger partial charge in [0.1, 0.15) is 28.6 Å². The molecule has 0 aliphatic heterocycles. The van der Waals surface area contributed by atoms with Gasteiger partial charge < -0.3 is 14.6 Å². The molecule has 22 heavy (non-hydrogen) atoms. The topological polar surface area (TPSA) is 94.5 Å². The molecule has 0 aliphatic carbocycles. The van der Waals surface area contributed by atoms with Crippen molar-refractivity contribution >= 4 is 11.0 Å². The lowest BCUT2D eigenvalue weighted by molar-refractivity contribution is 0.455. The van der Waals surface area contributed by atoms with E-state index in [1.54, 1.807) is 36.4 Å². The molecule has 0 aliphatic rings. The molecule has 0 fully saturated rings. The third-order valence-electron chi connectivity index (χ3n) is 3.44. The average Bonchev–Trinajstić information content (AvgIpc) is 2.51. The first kappa shape index (κ1) is 13.7. The van der Waals surface area contributed by atoms with Crippen molar-refractivity contribution in [3.63, 3.8) is 0 Å². The Hall–Kier alpha value is -3.26. The van der Waals surface area contributed by atoms with Crippen LogP contribution in [-0.2, 0) is 0 Å². The first-order valence-electron chi connectivity index (χ1n) is 6.55. The lowest BCUT2D eigenvalue weighted by Crippen LogP contribution is -2.13. The Labute approximate surface area is 125 Å². The van der Waals surface area contributed by atoms with Gasteiger partial charge in [0.15, 0.2) is 0 Å². The molecular formula is C17H11NO4. The maximum atomic E-state index is 12.2. The van der Waals surface area contributed by atoms with E-state index in [9.17, 15) is 20.3 Å². The van der Waals surface area contributed by atoms with Gasteiger partial charge in [-0.15, -0.1) is 0 Å². The number of benzene rings is 2. The largest absolute Gasteiger partial charge is 0.508 e. The summed E-state index contributed by atoms with van der Waals surface area (Å²) in [5.74, 6) is -1.34. The number of phenolic OH excluding ortho intramolecular Hbond substituents is 1. The van der Waals surface area contributed by atoms with Gasteiger partial charge in [0.25, 0.3) is 0 Å². The second-order valence-electron chi connectivity index (χ2n) is 4.81. The van der Waals surface area contributed by atoms with Crippen molar-refractivity contribution in [1.29, 1.82) is 5.26 Å². The minimum absolute atomic E-state index is 0.0255. The maximum absolute atomic E-state index is 12.2. The van der Waals surface area contributed by atoms with E-state index in [1.165, 1.54) is 12.1 Å². The van der Waals surface area contributed by atoms with E-state index in [-0.39, 0.29) is 22.6 Å². The minimum Gasteiger partial charge on any atom is -0.508 e. The molecule has 0 radical (unpaired) electrons. The zero-order valence-electron chi connectivity index (χ0n) is 11.4. The van der Waals surface area contributed by atoms with Gasteiger partial charge >= 0.3 is 5.63 Å². The van der Waals surface area contributed by atoms with Crippen LogP contribution in [0.4, 0.5) is 0 Å². The standard InChI is InChI=1S/C17H11NO4/c18-9-13(10-4-3-5-11(19)8-10)15-16(20)12-6-1-2-7-14(12)22-17(15)21/h1-8,13,19-20H. The van der Waals surface area contributed by atoms with Gasteiger partial charge in [-0.3, -0.25) is 0 Å². The minimum atomic E-state index is -1.03. The lowest BCUT2D eigenvalue weighted by Gasteiger charge is -2.12. The van der Waals surface area contributed by atoms with Crippen molar-refractivity contribution in [2.24, 2.45) is 0 Å². The van der Waals surface area contributed by atoms with Gasteiger partial charge in [-0.25, -0.2) is 4.79 Å². The number of aromatic hydroxyl groups is 2. The van der Waals surface area contributed by atoms with E-state index < -0.39 is 11.5 Å². The van der Waals surface area contributed by atoms with Crippen LogP contribution in [-0.4, -0.2) is 10.2 Å². The summed E-state index contributed by atoms with van der Waals surface area (Å²) in [6, 6.07) is 14.5. The summed E-state index contributed by atoms with van der Waals surface area (Å²) in [5, 5.41) is 29.7. The molecule has 0 saturated carbocycles. The Morgan fingerprint density at radius 2 is 1.86 bits per heavy atom. The molecule has 2 N–H and O–H groups in total. The molecule has 0 spiro atoms. The zero-order chi connectivity index (χ0) is 15.7. The van der Waals surface area contributed by atoms with Crippen LogP contribution in [0.25, 0.3) is 11.0 Å². The fraction of sp³-hybridized carbons (Fsp3) is 0.0588. The summed E-state index contributed by atoms with van der Waals surface area (Å²) in [5.41, 5.74) is -0.250. The first-order chi connectivity index (χ1) is 10.6. The zero-order valence-corrected chi connectivity index (χ0v) is 11.4. The Balaban J connectivity index is 2.28. The molecule has 0 bridgehead atoms. The Kier molecular flexibility index (Phi) is 3.28. The number of fused-ring (bicyclic) bond motifs is 1. The van der Waals surface area contributed by atoms with E-state index in [4.69, 9.17) is 4.42 Å². The maximum Gasteiger partial charge on any atom is 0.344 e. The first-order valence-corrected chi connectivity index (χ1v) is 6.55. The smallest absolute Gasteiger partial charge is 0.344 e. The number of hydrogen-bond acceptors (Lipinski definition) is 5. The lowest BCUT2D eigenvalue weighted by atomic mass is 9.92. The van der Waals surface area contributed by atoms with Crippen molar-refractivity contribution in [2.75, 3.05) is 0 Å². The molecule has 5 nitrogen and oxygen atoms in total. The van der Waals surface area contributed by atoms with Crippen molar-refractivity contribution in [2.45, 2.75) is 5.92 Å². The van der Waals surface area contributed by atoms with Crippen molar-refractivity contribution in [1.82, 2.24) is 0 Å². The monoisotopic (exact) mass is 293 g/mol. The van der Waals surface area contributed by atoms with Gasteiger partial charge in [0.2, 0.25) is 0 Å². The number of nitriles is 1. The van der Waals surface area contributed by atoms with Crippen molar-refractivity contribution < 1.29 is 14.6 Å². The highest BCUT2D eigenvalue weighted by Crippen LogP contribution is 2.34. The van der Waals surface area contributed by atoms with Crippen LogP contribution in [0, 0.1) is 11.3 Å². The molecule has 1 heterocycles. The van der Waals surface area contributed by atoms with E-state index in [0.717, 1.165) is 0 Å². The molecular weight excluding hydrogens is 282 g/mol. The fourth-order valence-corrected chi connectivity index (χ4v) is 2.41. The molecule has 1 unspecified atom stereocenters. The summed E-state index contributed by atoms with van der Waals surface area (Å²) in [7, 11) is 0. The molecule has 0 saturated heterocycles. The number of rotatable bonds is 2. The van der Waals surface area contributed by atoms with Crippen LogP contribution < -0.4 is 5.63 Å². The summed E-state index contributed by atoms with van der Waals surface area (Å²) in [4.78, 5) is 12.2. The highest BCUT2D eigenvalue weighted by atomic mass is 16.4. The normalized spacial score (nSPS) is 12.0. The van der Waals surface area contributed by atoms with Gasteiger partial charge in [0, 0.05) is 0 Å². The summed E-state index contributed by atoms with van der Waals surface area (Å²) in [6.45, 7) is 0. The van der Waals surface area contributed by atoms with E-state index >= 15 is 0 Å². The predicted molar refractivity (Wildman–Crippen MR) is 79.7 cm³/mol. The quantitative estimate of drug-likeness (QED) is 0.708. The Morgan fingerprint density at radius 1 is 1.09 bits per heavy atom. The fourth-order valence-electron chi connectivity index (χ4n) is 2.41. The summed E-state index contributed by atoms with van der Waals surface area (Å²) >= 11 is 0. The number of hydrogen-bond donors (Lipinski definition) is 2. The van der Waals surface area contributed by atoms with Crippen LogP contribution in [0.5, 0.6) is 11.5 Å². The van der Waals surface area contributed by atoms with E-state index in [1.807, 2.05) is 6.07 Å². The van der Waals surface area contributed by atoms with Crippen LogP contribution in [0.1, 0.15) is 17.0 Å². The Morgan fingerprint density at radius 3 is 2.59 bits per heavy atom. The molecule has 1 aromatic heterocycles. The Bertz CT molecular complexity index is 953. The third-order valence-corrected chi connectivity index (χ3v) is 3.44. The molecule has 0 amide bonds. The summed E-state index contributed by atoms with van der Waals surface area (Å²) < 4.78 is 5.18. The molecule has 2 aromatic carbocycles. The highest BCUT2D eigenvalue weighted by Gasteiger charge is 2.24. The van der Waals surface area contributed by atoms with Crippen molar-refractivity contribution in [3.05, 3.63) is 70.1 Å². The highest BCUT2D eigenvalue weighted by molar-refractivity contribution is 5.84. The van der Waals surface area contributed by atoms with Gasteiger partial charge in [-0.2, -0.15) is 5.26 Å². The molecule has 5 heteroatoms. The summed E-state index contributed by atoms with van der Waals surface area (Å²) in [6.07, 6.45) is 0. The van der Waals surface area contributed by atoms with E-state index in [2.05, 4.69) is 0 Å². The van der Waals surface area contributed by atoms with Gasteiger partial charge in [-0.05, 0) is 29.8 Å². The van der Waals surface area contributed by atoms with Crippen molar-refractivity contribution in [3.8, 4) is 17.6 Å². The molecule has 3 rings (SSSR count). The van der Waals surface area contributed by atoms with Gasteiger partial charge in [0.05, 0.1) is 11.5 Å². The van der Waals surface area contributed by atoms with Gasteiger partial charge in [-0.1, -0.05) is 24.3 Å². The van der Waals surface area contributed by atoms with Crippen LogP contribution in [0.2, 0.25) is 0 Å².